The molecule has 2 rings (SSSR count). The minimum Gasteiger partial charge on any atom is -0.289 e. The Labute approximate surface area is 121 Å². The largest absolute Gasteiger partial charge is 0.289 e. The summed E-state index contributed by atoms with van der Waals surface area (Å²) in [6.45, 7) is 0. The molecule has 20 heavy (non-hydrogen) atoms. The molecule has 0 heterocycles. The minimum atomic E-state index is -0.917. The van der Waals surface area contributed by atoms with Crippen molar-refractivity contribution >= 4 is 27.8 Å². The van der Waals surface area contributed by atoms with Crippen LogP contribution < -0.4 is 0 Å². The number of benzene rings is 2. The predicted molar refractivity (Wildman–Crippen MR) is 73.8 cm³/mol. The Balaban J connectivity index is 2.22. The van der Waals surface area contributed by atoms with E-state index in [2.05, 4.69) is 15.9 Å². The Morgan fingerprint density at radius 3 is 2.40 bits per heavy atom. The lowest BCUT2D eigenvalue weighted by Gasteiger charge is -1.99. The van der Waals surface area contributed by atoms with Crippen molar-refractivity contribution < 1.29 is 18.0 Å². The van der Waals surface area contributed by atoms with E-state index in [-0.39, 0.29) is 10.0 Å². The van der Waals surface area contributed by atoms with Crippen LogP contribution in [0.15, 0.2) is 46.9 Å². The van der Waals surface area contributed by atoms with E-state index in [0.717, 1.165) is 18.2 Å². The second-order valence-corrected chi connectivity index (χ2v) is 4.85. The molecule has 0 aliphatic heterocycles. The molecular formula is C15H8BrF3O. The van der Waals surface area contributed by atoms with Crippen LogP contribution in [0.4, 0.5) is 13.2 Å². The second-order valence-electron chi connectivity index (χ2n) is 4.00. The van der Waals surface area contributed by atoms with Crippen LogP contribution in [0.5, 0.6) is 0 Å². The molecule has 1 nitrogen and oxygen atoms in total. The first-order chi connectivity index (χ1) is 9.47. The molecule has 0 fully saturated rings. The highest BCUT2D eigenvalue weighted by atomic mass is 79.9. The van der Waals surface area contributed by atoms with E-state index in [0.29, 0.717) is 11.6 Å². The van der Waals surface area contributed by atoms with Gasteiger partial charge in [0.1, 0.15) is 17.5 Å². The van der Waals surface area contributed by atoms with Crippen molar-refractivity contribution in [3.63, 3.8) is 0 Å². The maximum Gasteiger partial charge on any atom is 0.188 e. The quantitative estimate of drug-likeness (QED) is 0.581. The first-order valence-corrected chi connectivity index (χ1v) is 6.39. The van der Waals surface area contributed by atoms with Crippen molar-refractivity contribution in [1.29, 1.82) is 0 Å². The molecule has 0 unspecified atom stereocenters. The van der Waals surface area contributed by atoms with Crippen LogP contribution in [-0.4, -0.2) is 5.78 Å². The predicted octanol–water partition coefficient (Wildman–Crippen LogP) is 4.76. The van der Waals surface area contributed by atoms with Crippen LogP contribution in [0, 0.1) is 17.5 Å². The van der Waals surface area contributed by atoms with Gasteiger partial charge in [-0.15, -0.1) is 0 Å². The number of halogens is 4. The van der Waals surface area contributed by atoms with E-state index in [4.69, 9.17) is 0 Å². The molecule has 0 saturated heterocycles. The fourth-order valence-corrected chi connectivity index (χ4v) is 1.96. The molecule has 2 aromatic rings. The standard InChI is InChI=1S/C15H8BrF3O/c16-12-7-9(1-5-13(12)18)2-6-15(20)11-4-3-10(17)8-14(11)19/h1-8H/b6-2+. The van der Waals surface area contributed by atoms with E-state index in [9.17, 15) is 18.0 Å². The van der Waals surface area contributed by atoms with Crippen molar-refractivity contribution in [2.45, 2.75) is 0 Å². The van der Waals surface area contributed by atoms with Gasteiger partial charge in [0.15, 0.2) is 5.78 Å². The summed E-state index contributed by atoms with van der Waals surface area (Å²) >= 11 is 3.02. The Kier molecular flexibility index (Phi) is 4.39. The van der Waals surface area contributed by atoms with E-state index < -0.39 is 23.2 Å². The summed E-state index contributed by atoms with van der Waals surface area (Å²) in [6.07, 6.45) is 2.57. The zero-order valence-corrected chi connectivity index (χ0v) is 11.6. The van der Waals surface area contributed by atoms with Crippen molar-refractivity contribution in [3.05, 3.63) is 75.5 Å². The van der Waals surface area contributed by atoms with Gasteiger partial charge in [-0.2, -0.15) is 0 Å². The Hall–Kier alpha value is -1.88. The average Bonchev–Trinajstić information content (AvgIpc) is 2.40. The van der Waals surface area contributed by atoms with Crippen molar-refractivity contribution in [1.82, 2.24) is 0 Å². The van der Waals surface area contributed by atoms with E-state index >= 15 is 0 Å². The number of hydrogen-bond acceptors (Lipinski definition) is 1. The first-order valence-electron chi connectivity index (χ1n) is 5.60. The molecule has 2 aromatic carbocycles. The number of rotatable bonds is 3. The van der Waals surface area contributed by atoms with Crippen molar-refractivity contribution in [3.8, 4) is 0 Å². The van der Waals surface area contributed by atoms with Gasteiger partial charge in [-0.1, -0.05) is 12.1 Å². The summed E-state index contributed by atoms with van der Waals surface area (Å²) in [7, 11) is 0. The molecule has 0 aliphatic rings. The van der Waals surface area contributed by atoms with Crippen molar-refractivity contribution in [2.24, 2.45) is 0 Å². The molecule has 0 aliphatic carbocycles. The van der Waals surface area contributed by atoms with Gasteiger partial charge in [0.25, 0.3) is 0 Å². The minimum absolute atomic E-state index is 0.219. The first kappa shape index (κ1) is 14.5. The fourth-order valence-electron chi connectivity index (χ4n) is 1.57. The molecular weight excluding hydrogens is 333 g/mol. The van der Waals surface area contributed by atoms with Gasteiger partial charge in [0, 0.05) is 6.07 Å². The van der Waals surface area contributed by atoms with Crippen LogP contribution in [0.25, 0.3) is 6.08 Å². The highest BCUT2D eigenvalue weighted by Gasteiger charge is 2.09. The van der Waals surface area contributed by atoms with Gasteiger partial charge in [0.2, 0.25) is 0 Å². The van der Waals surface area contributed by atoms with Crippen LogP contribution in [0.1, 0.15) is 15.9 Å². The lowest BCUT2D eigenvalue weighted by atomic mass is 10.1. The zero-order valence-electron chi connectivity index (χ0n) is 10.0. The monoisotopic (exact) mass is 340 g/mol. The number of allylic oxidation sites excluding steroid dienone is 1. The Morgan fingerprint density at radius 2 is 1.75 bits per heavy atom. The van der Waals surface area contributed by atoms with Gasteiger partial charge in [0.05, 0.1) is 10.0 Å². The summed E-state index contributed by atoms with van der Waals surface area (Å²) in [5.41, 5.74) is 0.359. The van der Waals surface area contributed by atoms with Gasteiger partial charge >= 0.3 is 0 Å². The maximum absolute atomic E-state index is 13.4. The molecule has 0 bridgehead atoms. The third-order valence-electron chi connectivity index (χ3n) is 2.57. The normalized spacial score (nSPS) is 11.0. The topological polar surface area (TPSA) is 17.1 Å². The number of hydrogen-bond donors (Lipinski definition) is 0. The lowest BCUT2D eigenvalue weighted by molar-refractivity contribution is 0.104. The molecule has 0 atom stereocenters. The highest BCUT2D eigenvalue weighted by Crippen LogP contribution is 2.18. The molecule has 0 aromatic heterocycles. The number of carbonyl (C=O) groups excluding carboxylic acids is 1. The summed E-state index contributed by atoms with van der Waals surface area (Å²) < 4.78 is 39.4. The fraction of sp³-hybridized carbons (Fsp3) is 0. The summed E-state index contributed by atoms with van der Waals surface area (Å²) in [5.74, 6) is -2.67. The van der Waals surface area contributed by atoms with Gasteiger partial charge in [-0.3, -0.25) is 4.79 Å². The van der Waals surface area contributed by atoms with Gasteiger partial charge in [-0.05, 0) is 51.8 Å². The van der Waals surface area contributed by atoms with Crippen LogP contribution in [-0.2, 0) is 0 Å². The smallest absolute Gasteiger partial charge is 0.188 e. The molecule has 102 valence electrons. The third-order valence-corrected chi connectivity index (χ3v) is 3.18. The lowest BCUT2D eigenvalue weighted by Crippen LogP contribution is -1.99. The average molecular weight is 341 g/mol. The molecule has 0 N–H and O–H groups in total. The van der Waals surface area contributed by atoms with Crippen LogP contribution in [0.3, 0.4) is 0 Å². The molecule has 0 saturated carbocycles. The SMILES string of the molecule is O=C(/C=C/c1ccc(F)c(Br)c1)c1ccc(F)cc1F. The highest BCUT2D eigenvalue weighted by molar-refractivity contribution is 9.10. The van der Waals surface area contributed by atoms with Gasteiger partial charge < -0.3 is 0 Å². The van der Waals surface area contributed by atoms with E-state index in [1.54, 1.807) is 0 Å². The Bertz CT molecular complexity index is 696. The molecule has 0 amide bonds. The molecule has 5 heteroatoms. The summed E-state index contributed by atoms with van der Waals surface area (Å²) in [4.78, 5) is 11.8. The maximum atomic E-state index is 13.4. The van der Waals surface area contributed by atoms with E-state index in [1.807, 2.05) is 0 Å². The van der Waals surface area contributed by atoms with Crippen LogP contribution >= 0.6 is 15.9 Å². The number of ketones is 1. The summed E-state index contributed by atoms with van der Waals surface area (Å²) in [6, 6.07) is 6.95. The zero-order chi connectivity index (χ0) is 14.7. The Morgan fingerprint density at radius 1 is 1.00 bits per heavy atom. The molecule has 0 spiro atoms. The molecule has 0 radical (unpaired) electrons. The second kappa shape index (κ2) is 6.05. The third kappa shape index (κ3) is 3.36. The van der Waals surface area contributed by atoms with Crippen LogP contribution in [0.2, 0.25) is 0 Å². The van der Waals surface area contributed by atoms with Crippen molar-refractivity contribution in [2.75, 3.05) is 0 Å². The van der Waals surface area contributed by atoms with E-state index in [1.165, 1.54) is 24.3 Å². The van der Waals surface area contributed by atoms with Gasteiger partial charge in [-0.25, -0.2) is 13.2 Å². The summed E-state index contributed by atoms with van der Waals surface area (Å²) in [5, 5.41) is 0. The number of carbonyl (C=O) groups is 1.